The topological polar surface area (TPSA) is 23.4 Å². The van der Waals surface area contributed by atoms with Crippen LogP contribution in [0.3, 0.4) is 0 Å². The summed E-state index contributed by atoms with van der Waals surface area (Å²) in [6.45, 7) is 47.2. The lowest BCUT2D eigenvalue weighted by atomic mass is 9.59. The molecule has 0 amide bonds. The number of unbranched alkanes of at least 4 members (excludes halogenated alkanes) is 9. The molecule has 0 saturated carbocycles. The quantitative estimate of drug-likeness (QED) is 0.0529. The smallest absolute Gasteiger partial charge is 0.127 e. The van der Waals surface area contributed by atoms with Gasteiger partial charge in [-0.1, -0.05) is 274 Å². The van der Waals surface area contributed by atoms with Crippen LogP contribution >= 0.6 is 22.7 Å². The van der Waals surface area contributed by atoms with Crippen molar-refractivity contribution >= 4 is 64.7 Å². The fourth-order valence-electron chi connectivity index (χ4n) is 16.3. The normalized spacial score (nSPS) is 15.4. The second kappa shape index (κ2) is 23.6. The molecule has 1 atom stereocenters. The number of rotatable bonds is 21. The van der Waals surface area contributed by atoms with E-state index >= 15 is 0 Å². The van der Waals surface area contributed by atoms with Crippen LogP contribution < -0.4 is 9.47 Å². The van der Waals surface area contributed by atoms with E-state index in [4.69, 9.17) is 9.47 Å². The first-order chi connectivity index (χ1) is 43.4. The molecular formula is C87H107NO2S2. The van der Waals surface area contributed by atoms with E-state index in [1.165, 1.54) is 183 Å². The van der Waals surface area contributed by atoms with Crippen molar-refractivity contribution in [2.45, 2.75) is 241 Å². The lowest BCUT2D eigenvalue weighted by Crippen LogP contribution is -2.41. The van der Waals surface area contributed by atoms with Crippen LogP contribution in [-0.4, -0.2) is 18.8 Å². The Hall–Kier alpha value is -6.14. The zero-order chi connectivity index (χ0) is 66.0. The van der Waals surface area contributed by atoms with Crippen molar-refractivity contribution in [2.24, 2.45) is 10.8 Å². The second-order valence-electron chi connectivity index (χ2n) is 32.9. The number of hydrogen-bond donors (Lipinski definition) is 0. The fraction of sp³-hybridized carbons (Fsp3) is 0.471. The number of aryl methyl sites for hydroxylation is 1. The van der Waals surface area contributed by atoms with E-state index in [1.807, 2.05) is 36.9 Å². The van der Waals surface area contributed by atoms with Gasteiger partial charge in [0.15, 0.2) is 0 Å². The first-order valence-corrected chi connectivity index (χ1v) is 36.8. The Morgan fingerprint density at radius 1 is 0.435 bits per heavy atom. The summed E-state index contributed by atoms with van der Waals surface area (Å²) in [5.41, 5.74) is 20.6. The van der Waals surface area contributed by atoms with E-state index in [0.29, 0.717) is 0 Å². The Kier molecular flexibility index (Phi) is 16.9. The van der Waals surface area contributed by atoms with Crippen LogP contribution in [0.1, 0.15) is 246 Å². The molecule has 0 fully saturated rings. The molecule has 12 rings (SSSR count). The Labute approximate surface area is 561 Å². The zero-order valence-electron chi connectivity index (χ0n) is 60.1. The number of hydrogen-bond acceptors (Lipinski definition) is 4. The van der Waals surface area contributed by atoms with Gasteiger partial charge in [-0.3, -0.25) is 0 Å². The van der Waals surface area contributed by atoms with Crippen LogP contribution in [0.5, 0.6) is 11.5 Å². The SMILES string of the molecule is CCCCCCCCCCCCn1c2cc(-c3ccc4c(c3)C(C)(C)c3cc(C(C)(C)C(C)(C)c5c6ccccc6c(-c6ccc7c(c6)C(C)(C)c6cc(C(C)(CC)C(C)(C)C)ccc6-7)c6c(OC)ccc(OC)c56)ccc3-4)sc2c2sc(C(C)(C)C(C)(C)C)cc21. The molecule has 0 bridgehead atoms. The molecule has 484 valence electrons. The summed E-state index contributed by atoms with van der Waals surface area (Å²) >= 11 is 4.06. The third-order valence-corrected chi connectivity index (χ3v) is 27.6. The van der Waals surface area contributed by atoms with Gasteiger partial charge in [0.1, 0.15) is 11.5 Å². The van der Waals surface area contributed by atoms with Gasteiger partial charge >= 0.3 is 0 Å². The van der Waals surface area contributed by atoms with Crippen LogP contribution in [0.25, 0.3) is 85.8 Å². The molecule has 2 aliphatic carbocycles. The number of nitrogens with zero attached hydrogens (tertiary/aromatic N) is 1. The summed E-state index contributed by atoms with van der Waals surface area (Å²) in [7, 11) is 3.66. The maximum absolute atomic E-state index is 6.55. The van der Waals surface area contributed by atoms with Gasteiger partial charge in [-0.15, -0.1) is 22.7 Å². The highest BCUT2D eigenvalue weighted by Gasteiger charge is 2.47. The van der Waals surface area contributed by atoms with Crippen LogP contribution in [0, 0.1) is 10.8 Å². The highest BCUT2D eigenvalue weighted by molar-refractivity contribution is 7.29. The molecule has 5 heteroatoms. The van der Waals surface area contributed by atoms with Crippen LogP contribution in [0.2, 0.25) is 0 Å². The summed E-state index contributed by atoms with van der Waals surface area (Å²) < 4.78 is 18.7. The molecule has 0 radical (unpaired) electrons. The predicted octanol–water partition coefficient (Wildman–Crippen LogP) is 26.4. The molecule has 2 aliphatic rings. The van der Waals surface area contributed by atoms with Crippen molar-refractivity contribution in [2.75, 3.05) is 14.2 Å². The van der Waals surface area contributed by atoms with Crippen molar-refractivity contribution in [1.82, 2.24) is 4.57 Å². The van der Waals surface area contributed by atoms with Crippen LogP contribution in [-0.2, 0) is 39.0 Å². The minimum absolute atomic E-state index is 0.0373. The second-order valence-corrected chi connectivity index (χ2v) is 35.0. The van der Waals surface area contributed by atoms with Crippen LogP contribution in [0.15, 0.2) is 121 Å². The van der Waals surface area contributed by atoms with Gasteiger partial charge in [0.2, 0.25) is 0 Å². The number of methoxy groups -OCH3 is 2. The maximum atomic E-state index is 6.55. The molecule has 3 nitrogen and oxygen atoms in total. The Morgan fingerprint density at radius 2 is 0.913 bits per heavy atom. The largest absolute Gasteiger partial charge is 0.496 e. The van der Waals surface area contributed by atoms with Crippen molar-refractivity contribution in [1.29, 1.82) is 0 Å². The van der Waals surface area contributed by atoms with Gasteiger partial charge in [-0.25, -0.2) is 0 Å². The molecule has 1 unspecified atom stereocenters. The van der Waals surface area contributed by atoms with Crippen molar-refractivity contribution in [3.05, 3.63) is 165 Å². The van der Waals surface area contributed by atoms with Crippen LogP contribution in [0.4, 0.5) is 0 Å². The third kappa shape index (κ3) is 10.3. The third-order valence-electron chi connectivity index (χ3n) is 24.8. The number of ether oxygens (including phenoxy) is 2. The standard InChI is InChI=1S/C87H107NO2S2/c1-22-24-25-26-27-28-29-30-31-34-47-88-68-52-72(91-78(68)79-69(88)53-73(92-79)85(15,16)80(3,4)5)54-37-41-58-60-43-39-56(50-66(60)82(9,10)64(58)48-54)84(13,14)86(17,18)77-63-36-33-32-35-62(63)74(75-70(89-20)45-46-71(90-21)76(75)77)55-38-42-59-61-44-40-57(87(19,23-2)81(6,7)8)51-67(61)83(11,12)65(59)49-55/h32-33,35-46,48-53H,22-31,34,47H2,1-21H3. The molecule has 10 aromatic rings. The molecule has 0 spiro atoms. The number of thiophene rings is 2. The molecular weight excluding hydrogens is 1160 g/mol. The molecule has 92 heavy (non-hydrogen) atoms. The van der Waals surface area contributed by atoms with Crippen molar-refractivity contribution in [3.63, 3.8) is 0 Å². The van der Waals surface area contributed by atoms with Gasteiger partial charge in [-0.2, -0.15) is 0 Å². The molecule has 0 aliphatic heterocycles. The van der Waals surface area contributed by atoms with E-state index in [1.54, 1.807) is 0 Å². The first-order valence-electron chi connectivity index (χ1n) is 35.2. The van der Waals surface area contributed by atoms with Gasteiger partial charge in [-0.05, 0) is 154 Å². The summed E-state index contributed by atoms with van der Waals surface area (Å²) in [5.74, 6) is 1.70. The molecule has 0 N–H and O–H groups in total. The Balaban J connectivity index is 0.903. The Bertz CT molecular complexity index is 4470. The minimum atomic E-state index is -0.438. The van der Waals surface area contributed by atoms with Gasteiger partial charge < -0.3 is 14.0 Å². The average Bonchev–Trinajstić information content (AvgIpc) is 0.895. The number of aromatic nitrogens is 1. The summed E-state index contributed by atoms with van der Waals surface area (Å²) in [6, 6.07) is 48.0. The molecule has 7 aromatic carbocycles. The molecule has 3 aromatic heterocycles. The lowest BCUT2D eigenvalue weighted by molar-refractivity contribution is 0.196. The van der Waals surface area contributed by atoms with Crippen molar-refractivity contribution < 1.29 is 9.47 Å². The zero-order valence-corrected chi connectivity index (χ0v) is 61.7. The lowest BCUT2D eigenvalue weighted by Gasteiger charge is -2.45. The van der Waals surface area contributed by atoms with E-state index < -0.39 is 5.41 Å². The average molecular weight is 1260 g/mol. The molecule has 3 heterocycles. The summed E-state index contributed by atoms with van der Waals surface area (Å²) in [4.78, 5) is 2.86. The Morgan fingerprint density at radius 3 is 1.47 bits per heavy atom. The highest BCUT2D eigenvalue weighted by Crippen LogP contribution is 2.59. The number of benzene rings is 7. The first kappa shape index (κ1) is 65.9. The summed E-state index contributed by atoms with van der Waals surface area (Å²) in [5, 5.41) is 4.66. The van der Waals surface area contributed by atoms with E-state index in [-0.39, 0.29) is 37.9 Å². The number of fused-ring (bicyclic) bond motifs is 11. The van der Waals surface area contributed by atoms with Gasteiger partial charge in [0.25, 0.3) is 0 Å². The maximum Gasteiger partial charge on any atom is 0.127 e. The minimum Gasteiger partial charge on any atom is -0.496 e. The summed E-state index contributed by atoms with van der Waals surface area (Å²) in [6.07, 6.45) is 14.6. The molecule has 0 saturated heterocycles. The van der Waals surface area contributed by atoms with E-state index in [9.17, 15) is 0 Å². The van der Waals surface area contributed by atoms with E-state index in [0.717, 1.165) is 35.2 Å². The highest BCUT2D eigenvalue weighted by atomic mass is 32.1. The fourth-order valence-corrected chi connectivity index (χ4v) is 19.1. The monoisotopic (exact) mass is 1260 g/mol. The van der Waals surface area contributed by atoms with Gasteiger partial charge in [0.05, 0.1) is 34.7 Å². The predicted molar refractivity (Wildman–Crippen MR) is 403 cm³/mol. The van der Waals surface area contributed by atoms with Gasteiger partial charge in [0, 0.05) is 54.3 Å². The van der Waals surface area contributed by atoms with Crippen molar-refractivity contribution in [3.8, 4) is 55.3 Å². The van der Waals surface area contributed by atoms with E-state index in [2.05, 4.69) is 257 Å².